The molecule has 2 aromatic carbocycles. The molecule has 0 spiro atoms. The van der Waals surface area contributed by atoms with Gasteiger partial charge in [0.15, 0.2) is 0 Å². The molecular weight excluding hydrogens is 288 g/mol. The van der Waals surface area contributed by atoms with Gasteiger partial charge in [0.05, 0.1) is 30.2 Å². The first-order valence-corrected chi connectivity index (χ1v) is 7.82. The van der Waals surface area contributed by atoms with Gasteiger partial charge in [-0.05, 0) is 29.8 Å². The number of methoxy groups -OCH3 is 1. The molecule has 5 nitrogen and oxygen atoms in total. The highest BCUT2D eigenvalue weighted by molar-refractivity contribution is 7.91. The number of nitrogens with one attached hydrogen (secondary N) is 1. The lowest BCUT2D eigenvalue weighted by Crippen LogP contribution is -2.15. The van der Waals surface area contributed by atoms with Gasteiger partial charge in [-0.2, -0.15) is 5.26 Å². The lowest BCUT2D eigenvalue weighted by Gasteiger charge is -2.11. The normalized spacial score (nSPS) is 10.7. The van der Waals surface area contributed by atoms with E-state index in [9.17, 15) is 8.42 Å². The fourth-order valence-corrected chi connectivity index (χ4v) is 3.03. The first kappa shape index (κ1) is 14.9. The molecule has 0 amide bonds. The minimum Gasteiger partial charge on any atom is -0.495 e. The van der Waals surface area contributed by atoms with Gasteiger partial charge in [-0.15, -0.1) is 0 Å². The number of rotatable bonds is 5. The Bertz CT molecular complexity index is 762. The molecule has 0 atom stereocenters. The van der Waals surface area contributed by atoms with E-state index in [-0.39, 0.29) is 5.75 Å². The van der Waals surface area contributed by atoms with Crippen molar-refractivity contribution in [3.05, 3.63) is 59.7 Å². The summed E-state index contributed by atoms with van der Waals surface area (Å²) >= 11 is 0. The highest BCUT2D eigenvalue weighted by atomic mass is 32.2. The second-order valence-corrected chi connectivity index (χ2v) is 6.09. The molecule has 0 bridgehead atoms. The molecule has 0 aliphatic rings. The largest absolute Gasteiger partial charge is 0.495 e. The highest BCUT2D eigenvalue weighted by Crippen LogP contribution is 2.24. The summed E-state index contributed by atoms with van der Waals surface area (Å²) in [6.45, 7) is 0. The van der Waals surface area contributed by atoms with E-state index in [1.807, 2.05) is 6.07 Å². The van der Waals surface area contributed by atoms with Crippen LogP contribution in [0.25, 0.3) is 0 Å². The molecule has 2 rings (SSSR count). The molecule has 2 aromatic rings. The van der Waals surface area contributed by atoms with E-state index in [0.717, 1.165) is 0 Å². The summed E-state index contributed by atoms with van der Waals surface area (Å²) in [6.07, 6.45) is 0. The number of nitrogens with zero attached hydrogens (tertiary/aromatic N) is 1. The third-order valence-corrected chi connectivity index (χ3v) is 4.06. The van der Waals surface area contributed by atoms with Crippen molar-refractivity contribution >= 4 is 15.7 Å². The Kier molecular flexibility index (Phi) is 4.45. The maximum absolute atomic E-state index is 12.2. The van der Waals surface area contributed by atoms with Crippen molar-refractivity contribution in [3.63, 3.8) is 0 Å². The number of sulfonamides is 1. The van der Waals surface area contributed by atoms with Gasteiger partial charge in [-0.3, -0.25) is 4.72 Å². The molecule has 0 heterocycles. The van der Waals surface area contributed by atoms with Gasteiger partial charge in [-0.1, -0.05) is 24.3 Å². The smallest absolute Gasteiger partial charge is 0.237 e. The van der Waals surface area contributed by atoms with Gasteiger partial charge in [0.2, 0.25) is 10.0 Å². The molecule has 6 heteroatoms. The summed E-state index contributed by atoms with van der Waals surface area (Å²) in [5.41, 5.74) is 1.50. The lowest BCUT2D eigenvalue weighted by molar-refractivity contribution is 0.417. The molecule has 0 radical (unpaired) electrons. The van der Waals surface area contributed by atoms with Crippen LogP contribution in [0.5, 0.6) is 5.75 Å². The van der Waals surface area contributed by atoms with E-state index < -0.39 is 10.0 Å². The van der Waals surface area contributed by atoms with Crippen LogP contribution < -0.4 is 9.46 Å². The summed E-state index contributed by atoms with van der Waals surface area (Å²) in [6, 6.07) is 15.2. The Labute approximate surface area is 123 Å². The van der Waals surface area contributed by atoms with Crippen LogP contribution in [0, 0.1) is 11.3 Å². The standard InChI is InChI=1S/C15H14N2O3S/c1-20-15-5-3-2-4-14(15)17-21(18,19)11-13-8-6-12(10-16)7-9-13/h2-9,17H,11H2,1H3. The maximum Gasteiger partial charge on any atom is 0.237 e. The van der Waals surface area contributed by atoms with E-state index in [1.165, 1.54) is 7.11 Å². The third-order valence-electron chi connectivity index (χ3n) is 2.81. The SMILES string of the molecule is COc1ccccc1NS(=O)(=O)Cc1ccc(C#N)cc1. The summed E-state index contributed by atoms with van der Waals surface area (Å²) in [5.74, 6) is 0.289. The quantitative estimate of drug-likeness (QED) is 0.920. The number of hydrogen-bond donors (Lipinski definition) is 1. The predicted octanol–water partition coefficient (Wildman–Crippen LogP) is 2.51. The molecule has 1 N–H and O–H groups in total. The van der Waals surface area contributed by atoms with Crippen LogP contribution in [0.4, 0.5) is 5.69 Å². The van der Waals surface area contributed by atoms with Crippen LogP contribution >= 0.6 is 0 Å². The van der Waals surface area contributed by atoms with Crippen molar-refractivity contribution in [2.75, 3.05) is 11.8 Å². The maximum atomic E-state index is 12.2. The molecule has 108 valence electrons. The molecule has 0 unspecified atom stereocenters. The van der Waals surface area contributed by atoms with Gasteiger partial charge in [0.1, 0.15) is 5.75 Å². The van der Waals surface area contributed by atoms with Crippen molar-refractivity contribution in [2.24, 2.45) is 0 Å². The molecule has 0 saturated heterocycles. The van der Waals surface area contributed by atoms with Gasteiger partial charge in [-0.25, -0.2) is 8.42 Å². The second kappa shape index (κ2) is 6.29. The van der Waals surface area contributed by atoms with Crippen LogP contribution in [-0.2, 0) is 15.8 Å². The average Bonchev–Trinajstić information content (AvgIpc) is 2.47. The molecule has 0 aliphatic carbocycles. The Morgan fingerprint density at radius 2 is 1.81 bits per heavy atom. The Balaban J connectivity index is 2.16. The van der Waals surface area contributed by atoms with E-state index in [2.05, 4.69) is 4.72 Å². The zero-order valence-corrected chi connectivity index (χ0v) is 12.2. The van der Waals surface area contributed by atoms with Crippen molar-refractivity contribution in [1.29, 1.82) is 5.26 Å². The Morgan fingerprint density at radius 1 is 1.14 bits per heavy atom. The van der Waals surface area contributed by atoms with Crippen molar-refractivity contribution in [3.8, 4) is 11.8 Å². The monoisotopic (exact) mass is 302 g/mol. The van der Waals surface area contributed by atoms with E-state index in [1.54, 1.807) is 48.5 Å². The average molecular weight is 302 g/mol. The predicted molar refractivity (Wildman–Crippen MR) is 80.4 cm³/mol. The van der Waals surface area contributed by atoms with Crippen LogP contribution in [0.2, 0.25) is 0 Å². The van der Waals surface area contributed by atoms with Crippen LogP contribution in [0.15, 0.2) is 48.5 Å². The minimum atomic E-state index is -3.55. The number of benzene rings is 2. The summed E-state index contributed by atoms with van der Waals surface area (Å²) in [4.78, 5) is 0. The topological polar surface area (TPSA) is 79.2 Å². The minimum absolute atomic E-state index is 0.170. The fraction of sp³-hybridized carbons (Fsp3) is 0.133. The van der Waals surface area contributed by atoms with Gasteiger partial charge < -0.3 is 4.74 Å². The van der Waals surface area contributed by atoms with Crippen molar-refractivity contribution in [2.45, 2.75) is 5.75 Å². The first-order chi connectivity index (χ1) is 10.0. The Morgan fingerprint density at radius 3 is 2.43 bits per heavy atom. The summed E-state index contributed by atoms with van der Waals surface area (Å²) in [5, 5.41) is 8.72. The molecule has 0 aliphatic heterocycles. The van der Waals surface area contributed by atoms with Gasteiger partial charge >= 0.3 is 0 Å². The van der Waals surface area contributed by atoms with Crippen LogP contribution in [0.1, 0.15) is 11.1 Å². The number of para-hydroxylation sites is 2. The Hall–Kier alpha value is -2.52. The van der Waals surface area contributed by atoms with Crippen molar-refractivity contribution in [1.82, 2.24) is 0 Å². The lowest BCUT2D eigenvalue weighted by atomic mass is 10.2. The first-order valence-electron chi connectivity index (χ1n) is 6.16. The van der Waals surface area contributed by atoms with E-state index in [4.69, 9.17) is 10.00 Å². The molecule has 0 saturated carbocycles. The number of ether oxygens (including phenoxy) is 1. The molecule has 21 heavy (non-hydrogen) atoms. The molecule has 0 fully saturated rings. The number of nitriles is 1. The van der Waals surface area contributed by atoms with Gasteiger partial charge in [0, 0.05) is 0 Å². The zero-order chi connectivity index (χ0) is 15.3. The molecule has 0 aromatic heterocycles. The zero-order valence-electron chi connectivity index (χ0n) is 11.4. The number of anilines is 1. The molecular formula is C15H14N2O3S. The highest BCUT2D eigenvalue weighted by Gasteiger charge is 2.14. The van der Waals surface area contributed by atoms with Crippen LogP contribution in [0.3, 0.4) is 0 Å². The van der Waals surface area contributed by atoms with E-state index in [0.29, 0.717) is 22.6 Å². The fourth-order valence-electron chi connectivity index (χ4n) is 1.83. The summed E-state index contributed by atoms with van der Waals surface area (Å²) < 4.78 is 31.9. The van der Waals surface area contributed by atoms with E-state index >= 15 is 0 Å². The summed E-state index contributed by atoms with van der Waals surface area (Å²) in [7, 11) is -2.07. The number of hydrogen-bond acceptors (Lipinski definition) is 4. The van der Waals surface area contributed by atoms with Crippen molar-refractivity contribution < 1.29 is 13.2 Å². The van der Waals surface area contributed by atoms with Gasteiger partial charge in [0.25, 0.3) is 0 Å². The second-order valence-electron chi connectivity index (χ2n) is 4.37. The third kappa shape index (κ3) is 3.97. The van der Waals surface area contributed by atoms with Crippen LogP contribution in [-0.4, -0.2) is 15.5 Å².